The summed E-state index contributed by atoms with van der Waals surface area (Å²) in [7, 11) is 1.60. The fraction of sp³-hybridized carbons (Fsp3) is 0.556. The predicted octanol–water partition coefficient (Wildman–Crippen LogP) is 2.46. The second kappa shape index (κ2) is 6.60. The minimum atomic E-state index is -0.202. The molecule has 0 aromatic heterocycles. The molecule has 0 spiro atoms. The summed E-state index contributed by atoms with van der Waals surface area (Å²) in [5.41, 5.74) is 2.18. The largest absolute Gasteiger partial charge is 0.507 e. The lowest BCUT2D eigenvalue weighted by molar-refractivity contribution is -0.128. The molecule has 2 rings (SSSR count). The highest BCUT2D eigenvalue weighted by molar-refractivity contribution is 5.99. The molecule has 0 radical (unpaired) electrons. The maximum Gasteiger partial charge on any atom is 0.257 e. The number of phenolic OH excluding ortho intramolecular Hbond substituents is 1. The molecule has 0 atom stereocenters. The van der Waals surface area contributed by atoms with E-state index in [1.54, 1.807) is 18.0 Å². The quantitative estimate of drug-likeness (QED) is 0.896. The van der Waals surface area contributed by atoms with Crippen molar-refractivity contribution in [1.29, 1.82) is 0 Å². The summed E-state index contributed by atoms with van der Waals surface area (Å²) in [4.78, 5) is 25.9. The van der Waals surface area contributed by atoms with Crippen molar-refractivity contribution in [2.24, 2.45) is 5.92 Å². The summed E-state index contributed by atoms with van der Waals surface area (Å²) in [5.74, 6) is 0.0794. The van der Waals surface area contributed by atoms with Gasteiger partial charge in [0.05, 0.1) is 11.5 Å². The van der Waals surface area contributed by atoms with Crippen LogP contribution in [-0.4, -0.2) is 42.0 Å². The van der Waals surface area contributed by atoms with Crippen LogP contribution in [0.2, 0.25) is 0 Å². The number of hydrogen-bond acceptors (Lipinski definition) is 3. The Morgan fingerprint density at radius 2 is 1.78 bits per heavy atom. The smallest absolute Gasteiger partial charge is 0.257 e. The molecule has 1 aliphatic heterocycles. The second-order valence-corrected chi connectivity index (χ2v) is 6.84. The average Bonchev–Trinajstić information content (AvgIpc) is 2.44. The number of rotatable bonds is 4. The second-order valence-electron chi connectivity index (χ2n) is 6.84. The number of nitrogens with one attached hydrogen (secondary N) is 1. The zero-order valence-electron chi connectivity index (χ0n) is 14.5. The zero-order valence-corrected chi connectivity index (χ0v) is 14.5. The molecule has 5 nitrogen and oxygen atoms in total. The molecule has 0 aliphatic carbocycles. The number of nitrogens with zero attached hydrogens (tertiary/aromatic N) is 1. The molecule has 2 N–H and O–H groups in total. The Balaban J connectivity index is 2.28. The average molecular weight is 318 g/mol. The third kappa shape index (κ3) is 3.33. The van der Waals surface area contributed by atoms with Gasteiger partial charge in [0.15, 0.2) is 0 Å². The predicted molar refractivity (Wildman–Crippen MR) is 89.7 cm³/mol. The van der Waals surface area contributed by atoms with Gasteiger partial charge in [0.1, 0.15) is 5.75 Å². The molecule has 0 saturated carbocycles. The van der Waals surface area contributed by atoms with Gasteiger partial charge in [-0.2, -0.15) is 0 Å². The molecular weight excluding hydrogens is 292 g/mol. The molecule has 23 heavy (non-hydrogen) atoms. The molecule has 1 aliphatic rings. The van der Waals surface area contributed by atoms with Crippen LogP contribution < -0.4 is 5.32 Å². The van der Waals surface area contributed by atoms with E-state index in [1.165, 1.54) is 0 Å². The number of carbonyl (C=O) groups excluding carboxylic acids is 2. The molecule has 1 saturated heterocycles. The van der Waals surface area contributed by atoms with Crippen molar-refractivity contribution in [1.82, 2.24) is 10.2 Å². The standard InChI is InChI=1S/C18H26N2O3/c1-10(2)12-6-14(11(3)4)16(21)15(7-12)18(23)20-8-13(9-20)17(22)19-5/h6-7,10-11,13,21H,8-9H2,1-5H3,(H,19,22). The third-order valence-corrected chi connectivity index (χ3v) is 4.47. The Kier molecular flexibility index (Phi) is 4.97. The van der Waals surface area contributed by atoms with Crippen LogP contribution >= 0.6 is 0 Å². The van der Waals surface area contributed by atoms with E-state index in [1.807, 2.05) is 19.9 Å². The van der Waals surface area contributed by atoms with E-state index in [0.717, 1.165) is 11.1 Å². The van der Waals surface area contributed by atoms with Crippen molar-refractivity contribution < 1.29 is 14.7 Å². The van der Waals surface area contributed by atoms with Crippen molar-refractivity contribution >= 4 is 11.8 Å². The SMILES string of the molecule is CNC(=O)C1CN(C(=O)c2cc(C(C)C)cc(C(C)C)c2O)C1. The Hall–Kier alpha value is -2.04. The maximum absolute atomic E-state index is 12.7. The summed E-state index contributed by atoms with van der Waals surface area (Å²) in [6.07, 6.45) is 0. The molecule has 5 heteroatoms. The highest BCUT2D eigenvalue weighted by Crippen LogP contribution is 2.34. The van der Waals surface area contributed by atoms with Gasteiger partial charge >= 0.3 is 0 Å². The van der Waals surface area contributed by atoms with Gasteiger partial charge in [-0.1, -0.05) is 33.8 Å². The van der Waals surface area contributed by atoms with Crippen molar-refractivity contribution in [3.63, 3.8) is 0 Å². The summed E-state index contributed by atoms with van der Waals surface area (Å²) in [5, 5.41) is 13.1. The monoisotopic (exact) mass is 318 g/mol. The highest BCUT2D eigenvalue weighted by Gasteiger charge is 2.36. The van der Waals surface area contributed by atoms with Gasteiger partial charge in [-0.3, -0.25) is 9.59 Å². The molecule has 1 fully saturated rings. The summed E-state index contributed by atoms with van der Waals surface area (Å²) in [6.45, 7) is 8.94. The first-order valence-electron chi connectivity index (χ1n) is 8.13. The van der Waals surface area contributed by atoms with E-state index in [2.05, 4.69) is 19.2 Å². The first kappa shape index (κ1) is 17.3. The van der Waals surface area contributed by atoms with Crippen LogP contribution in [0.25, 0.3) is 0 Å². The molecule has 1 heterocycles. The van der Waals surface area contributed by atoms with E-state index in [9.17, 15) is 14.7 Å². The van der Waals surface area contributed by atoms with Crippen molar-refractivity contribution in [2.45, 2.75) is 39.5 Å². The maximum atomic E-state index is 12.7. The molecule has 0 bridgehead atoms. The van der Waals surface area contributed by atoms with Gasteiger partial charge in [0, 0.05) is 20.1 Å². The minimum absolute atomic E-state index is 0.0444. The first-order chi connectivity index (χ1) is 10.8. The minimum Gasteiger partial charge on any atom is -0.507 e. The molecule has 2 amide bonds. The summed E-state index contributed by atoms with van der Waals surface area (Å²) < 4.78 is 0. The number of likely N-dealkylation sites (tertiary alicyclic amines) is 1. The van der Waals surface area contributed by atoms with Crippen molar-refractivity contribution in [3.05, 3.63) is 28.8 Å². The van der Waals surface area contributed by atoms with Crippen LogP contribution in [-0.2, 0) is 4.79 Å². The molecule has 126 valence electrons. The van der Waals surface area contributed by atoms with Gasteiger partial charge in [0.2, 0.25) is 5.91 Å². The summed E-state index contributed by atoms with van der Waals surface area (Å²) >= 11 is 0. The van der Waals surface area contributed by atoms with Crippen molar-refractivity contribution in [3.8, 4) is 5.75 Å². The Labute approximate surface area is 137 Å². The van der Waals surface area contributed by atoms with Gasteiger partial charge < -0.3 is 15.3 Å². The fourth-order valence-electron chi connectivity index (χ4n) is 2.80. The third-order valence-electron chi connectivity index (χ3n) is 4.47. The molecular formula is C18H26N2O3. The molecule has 1 aromatic rings. The molecule has 1 aromatic carbocycles. The Morgan fingerprint density at radius 3 is 2.26 bits per heavy atom. The number of phenols is 1. The van der Waals surface area contributed by atoms with Crippen molar-refractivity contribution in [2.75, 3.05) is 20.1 Å². The van der Waals surface area contributed by atoms with E-state index in [-0.39, 0.29) is 35.3 Å². The van der Waals surface area contributed by atoms with E-state index >= 15 is 0 Å². The fourth-order valence-corrected chi connectivity index (χ4v) is 2.80. The number of amides is 2. The summed E-state index contributed by atoms with van der Waals surface area (Å²) in [6, 6.07) is 3.76. The Morgan fingerprint density at radius 1 is 1.17 bits per heavy atom. The van der Waals surface area contributed by atoms with Crippen LogP contribution in [0, 0.1) is 5.92 Å². The van der Waals surface area contributed by atoms with Crippen LogP contribution in [0.4, 0.5) is 0 Å². The van der Waals surface area contributed by atoms with Crippen LogP contribution in [0.3, 0.4) is 0 Å². The number of carbonyl (C=O) groups is 2. The highest BCUT2D eigenvalue weighted by atomic mass is 16.3. The number of hydrogen-bond donors (Lipinski definition) is 2. The number of aromatic hydroxyl groups is 1. The topological polar surface area (TPSA) is 69.6 Å². The van der Waals surface area contributed by atoms with Crippen LogP contribution in [0.15, 0.2) is 12.1 Å². The van der Waals surface area contributed by atoms with E-state index in [0.29, 0.717) is 18.7 Å². The lowest BCUT2D eigenvalue weighted by Gasteiger charge is -2.38. The van der Waals surface area contributed by atoms with Gasteiger partial charge in [-0.05, 0) is 29.0 Å². The molecule has 0 unspecified atom stereocenters. The lowest BCUT2D eigenvalue weighted by atomic mass is 9.90. The van der Waals surface area contributed by atoms with Gasteiger partial charge in [-0.15, -0.1) is 0 Å². The normalized spacial score (nSPS) is 15.0. The lowest BCUT2D eigenvalue weighted by Crippen LogP contribution is -2.55. The first-order valence-corrected chi connectivity index (χ1v) is 8.13. The van der Waals surface area contributed by atoms with Crippen LogP contribution in [0.5, 0.6) is 5.75 Å². The Bertz CT molecular complexity index is 617. The van der Waals surface area contributed by atoms with E-state index < -0.39 is 0 Å². The van der Waals surface area contributed by atoms with Gasteiger partial charge in [-0.25, -0.2) is 0 Å². The van der Waals surface area contributed by atoms with E-state index in [4.69, 9.17) is 0 Å². The number of benzene rings is 1. The van der Waals surface area contributed by atoms with Gasteiger partial charge in [0.25, 0.3) is 5.91 Å². The zero-order chi connectivity index (χ0) is 17.3. The van der Waals surface area contributed by atoms with Crippen LogP contribution in [0.1, 0.15) is 61.0 Å².